The molecular formula is C20H25N3O3. The molecular weight excluding hydrogens is 330 g/mol. The van der Waals surface area contributed by atoms with Gasteiger partial charge in [0.15, 0.2) is 0 Å². The topological polar surface area (TPSA) is 78.5 Å². The Morgan fingerprint density at radius 2 is 1.73 bits per heavy atom. The summed E-state index contributed by atoms with van der Waals surface area (Å²) < 4.78 is 0. The first kappa shape index (κ1) is 17.1. The van der Waals surface area contributed by atoms with Crippen LogP contribution in [0.1, 0.15) is 56.9 Å². The second-order valence-corrected chi connectivity index (χ2v) is 7.78. The van der Waals surface area contributed by atoms with Crippen LogP contribution in [0.4, 0.5) is 4.79 Å². The van der Waals surface area contributed by atoms with Crippen LogP contribution in [0.3, 0.4) is 0 Å². The molecule has 2 aliphatic carbocycles. The van der Waals surface area contributed by atoms with Gasteiger partial charge < -0.3 is 10.6 Å². The minimum atomic E-state index is -0.702. The number of nitrogens with one attached hydrogen (secondary N) is 2. The summed E-state index contributed by atoms with van der Waals surface area (Å²) >= 11 is 0. The van der Waals surface area contributed by atoms with Gasteiger partial charge in [0.1, 0.15) is 5.54 Å². The number of carbonyl (C=O) groups is 3. The molecule has 138 valence electrons. The number of hydrogen-bond donors (Lipinski definition) is 2. The van der Waals surface area contributed by atoms with Gasteiger partial charge in [-0.3, -0.25) is 14.5 Å². The van der Waals surface area contributed by atoms with Crippen molar-refractivity contribution in [3.05, 3.63) is 35.9 Å². The van der Waals surface area contributed by atoms with Crippen molar-refractivity contribution in [3.8, 4) is 0 Å². The van der Waals surface area contributed by atoms with Crippen LogP contribution < -0.4 is 10.6 Å². The summed E-state index contributed by atoms with van der Waals surface area (Å²) in [4.78, 5) is 38.6. The molecule has 1 aliphatic heterocycles. The maximum atomic E-state index is 12.6. The molecule has 1 saturated heterocycles. The van der Waals surface area contributed by atoms with E-state index in [-0.39, 0.29) is 36.3 Å². The van der Waals surface area contributed by atoms with Gasteiger partial charge in [-0.05, 0) is 37.7 Å². The Bertz CT molecular complexity index is 721. The van der Waals surface area contributed by atoms with Crippen LogP contribution in [-0.4, -0.2) is 34.8 Å². The van der Waals surface area contributed by atoms with Gasteiger partial charge >= 0.3 is 6.03 Å². The first-order valence-corrected chi connectivity index (χ1v) is 9.55. The Balaban J connectivity index is 1.37. The van der Waals surface area contributed by atoms with E-state index in [1.54, 1.807) is 0 Å². The molecule has 1 aromatic rings. The van der Waals surface area contributed by atoms with Crippen LogP contribution >= 0.6 is 0 Å². The van der Waals surface area contributed by atoms with E-state index in [4.69, 9.17) is 0 Å². The molecule has 1 heterocycles. The smallest absolute Gasteiger partial charge is 0.325 e. The average molecular weight is 355 g/mol. The fraction of sp³-hybridized carbons (Fsp3) is 0.550. The zero-order chi connectivity index (χ0) is 18.2. The molecule has 4 amide bonds. The van der Waals surface area contributed by atoms with E-state index < -0.39 is 5.54 Å². The number of rotatable bonds is 5. The van der Waals surface area contributed by atoms with E-state index in [1.807, 2.05) is 30.3 Å². The number of benzene rings is 1. The van der Waals surface area contributed by atoms with Crippen molar-refractivity contribution in [2.75, 3.05) is 6.54 Å². The highest BCUT2D eigenvalue weighted by Crippen LogP contribution is 2.41. The predicted octanol–water partition coefficient (Wildman–Crippen LogP) is 2.44. The molecule has 3 aliphatic rings. The highest BCUT2D eigenvalue weighted by Gasteiger charge is 2.52. The summed E-state index contributed by atoms with van der Waals surface area (Å²) in [5, 5.41) is 6.01. The fourth-order valence-corrected chi connectivity index (χ4v) is 4.51. The lowest BCUT2D eigenvalue weighted by Crippen LogP contribution is -2.51. The van der Waals surface area contributed by atoms with Crippen LogP contribution in [0.2, 0.25) is 0 Å². The Labute approximate surface area is 153 Å². The number of imide groups is 1. The lowest BCUT2D eigenvalue weighted by molar-refractivity contribution is -0.131. The molecule has 0 bridgehead atoms. The highest BCUT2D eigenvalue weighted by molar-refractivity contribution is 6.07. The summed E-state index contributed by atoms with van der Waals surface area (Å²) in [5.74, 6) is -0.268. The summed E-state index contributed by atoms with van der Waals surface area (Å²) in [7, 11) is 0. The molecule has 0 atom stereocenters. The van der Waals surface area contributed by atoms with Crippen molar-refractivity contribution >= 4 is 17.8 Å². The number of nitrogens with zero attached hydrogens (tertiary/aromatic N) is 1. The maximum absolute atomic E-state index is 12.6. The molecule has 3 fully saturated rings. The van der Waals surface area contributed by atoms with Crippen LogP contribution in [0.25, 0.3) is 0 Å². The van der Waals surface area contributed by atoms with E-state index in [0.717, 1.165) is 37.7 Å². The van der Waals surface area contributed by atoms with Crippen molar-refractivity contribution in [1.29, 1.82) is 0 Å². The molecule has 6 nitrogen and oxygen atoms in total. The van der Waals surface area contributed by atoms with E-state index in [2.05, 4.69) is 10.6 Å². The summed E-state index contributed by atoms with van der Waals surface area (Å²) in [5.41, 5.74) is 0.134. The lowest BCUT2D eigenvalue weighted by atomic mass is 9.71. The van der Waals surface area contributed by atoms with Gasteiger partial charge in [0.05, 0.1) is 5.54 Å². The zero-order valence-corrected chi connectivity index (χ0v) is 14.9. The molecule has 6 heteroatoms. The van der Waals surface area contributed by atoms with Crippen LogP contribution in [0, 0.1) is 0 Å². The first-order valence-electron chi connectivity index (χ1n) is 9.55. The quantitative estimate of drug-likeness (QED) is 0.796. The second kappa shape index (κ2) is 6.41. The maximum Gasteiger partial charge on any atom is 0.325 e. The Morgan fingerprint density at radius 1 is 1.04 bits per heavy atom. The van der Waals surface area contributed by atoms with Crippen molar-refractivity contribution in [2.24, 2.45) is 0 Å². The Morgan fingerprint density at radius 3 is 2.35 bits per heavy atom. The minimum Gasteiger partial charge on any atom is -0.347 e. The Hall–Kier alpha value is -2.37. The normalized spacial score (nSPS) is 23.0. The van der Waals surface area contributed by atoms with Crippen molar-refractivity contribution in [3.63, 3.8) is 0 Å². The largest absolute Gasteiger partial charge is 0.347 e. The van der Waals surface area contributed by atoms with Gasteiger partial charge in [0, 0.05) is 13.0 Å². The number of hydrogen-bond acceptors (Lipinski definition) is 3. The molecule has 4 rings (SSSR count). The van der Waals surface area contributed by atoms with E-state index in [1.165, 1.54) is 4.90 Å². The van der Waals surface area contributed by atoms with Crippen LogP contribution in [0.15, 0.2) is 30.3 Å². The van der Waals surface area contributed by atoms with Crippen LogP contribution in [-0.2, 0) is 15.1 Å². The number of urea groups is 1. The minimum absolute atomic E-state index is 0.110. The molecule has 0 unspecified atom stereocenters. The van der Waals surface area contributed by atoms with Gasteiger partial charge in [0.2, 0.25) is 5.91 Å². The third-order valence-corrected chi connectivity index (χ3v) is 6.18. The van der Waals surface area contributed by atoms with Gasteiger partial charge in [0.25, 0.3) is 5.91 Å². The summed E-state index contributed by atoms with van der Waals surface area (Å²) in [6.07, 6.45) is 6.41. The average Bonchev–Trinajstić information content (AvgIpc) is 3.16. The first-order chi connectivity index (χ1) is 12.5. The van der Waals surface area contributed by atoms with E-state index >= 15 is 0 Å². The van der Waals surface area contributed by atoms with Gasteiger partial charge in [-0.15, -0.1) is 0 Å². The standard InChI is InChI=1S/C20H25N3O3/c24-16(21-19(12-6-13-19)15-7-2-1-3-8-15)9-14-23-17(25)20(22-18(23)26)10-4-5-11-20/h1-3,7-8H,4-6,9-14H2,(H,21,24)(H,22,26). The molecule has 2 N–H and O–H groups in total. The van der Waals surface area contributed by atoms with Crippen molar-refractivity contribution in [1.82, 2.24) is 15.5 Å². The molecule has 1 spiro atoms. The summed E-state index contributed by atoms with van der Waals surface area (Å²) in [6, 6.07) is 9.66. The summed E-state index contributed by atoms with van der Waals surface area (Å²) in [6.45, 7) is 0.142. The van der Waals surface area contributed by atoms with Gasteiger partial charge in [-0.1, -0.05) is 43.2 Å². The monoisotopic (exact) mass is 355 g/mol. The predicted molar refractivity (Wildman–Crippen MR) is 96.2 cm³/mol. The van der Waals surface area contributed by atoms with E-state index in [0.29, 0.717) is 12.8 Å². The van der Waals surface area contributed by atoms with Crippen molar-refractivity contribution in [2.45, 2.75) is 62.4 Å². The van der Waals surface area contributed by atoms with E-state index in [9.17, 15) is 14.4 Å². The zero-order valence-electron chi connectivity index (χ0n) is 14.9. The van der Waals surface area contributed by atoms with Gasteiger partial charge in [-0.25, -0.2) is 4.79 Å². The molecule has 0 radical (unpaired) electrons. The lowest BCUT2D eigenvalue weighted by Gasteiger charge is -2.43. The van der Waals surface area contributed by atoms with Crippen molar-refractivity contribution < 1.29 is 14.4 Å². The molecule has 1 aromatic carbocycles. The molecule has 26 heavy (non-hydrogen) atoms. The Kier molecular flexibility index (Phi) is 4.21. The number of carbonyl (C=O) groups excluding carboxylic acids is 3. The molecule has 0 aromatic heterocycles. The third-order valence-electron chi connectivity index (χ3n) is 6.18. The third kappa shape index (κ3) is 2.77. The SMILES string of the molecule is O=C(CCN1C(=O)NC2(CCCC2)C1=O)NC1(c2ccccc2)CCC1. The second-order valence-electron chi connectivity index (χ2n) is 7.78. The van der Waals surface area contributed by atoms with Gasteiger partial charge in [-0.2, -0.15) is 0 Å². The highest BCUT2D eigenvalue weighted by atomic mass is 16.2. The molecule has 2 saturated carbocycles. The fourth-order valence-electron chi connectivity index (χ4n) is 4.51. The van der Waals surface area contributed by atoms with Crippen LogP contribution in [0.5, 0.6) is 0 Å². The number of amides is 4.